The van der Waals surface area contributed by atoms with Gasteiger partial charge in [-0.25, -0.2) is 4.39 Å². The van der Waals surface area contributed by atoms with Gasteiger partial charge in [0, 0.05) is 33.7 Å². The van der Waals surface area contributed by atoms with Crippen molar-refractivity contribution in [3.05, 3.63) is 63.4 Å². The molecule has 37 heavy (non-hydrogen) atoms. The summed E-state index contributed by atoms with van der Waals surface area (Å²) in [6, 6.07) is 7.99. The molecule has 0 aromatic heterocycles. The molecule has 6 nitrogen and oxygen atoms in total. The van der Waals surface area contributed by atoms with Gasteiger partial charge in [-0.3, -0.25) is 9.59 Å². The van der Waals surface area contributed by atoms with Gasteiger partial charge in [-0.05, 0) is 73.1 Å². The predicted octanol–water partition coefficient (Wildman–Crippen LogP) is 4.91. The number of halogens is 3. The zero-order chi connectivity index (χ0) is 26.9. The maximum atomic E-state index is 14.7. The number of aliphatic hydroxyl groups is 1. The molecule has 3 aliphatic rings. The van der Waals surface area contributed by atoms with Gasteiger partial charge in [0.25, 0.3) is 0 Å². The van der Waals surface area contributed by atoms with E-state index < -0.39 is 34.8 Å². The van der Waals surface area contributed by atoms with Gasteiger partial charge >= 0.3 is 0 Å². The minimum absolute atomic E-state index is 0.179. The normalized spacial score (nSPS) is 32.7. The van der Waals surface area contributed by atoms with E-state index >= 15 is 0 Å². The summed E-state index contributed by atoms with van der Waals surface area (Å²) in [5, 5.41) is 20.4. The molecule has 2 heterocycles. The number of amides is 2. The van der Waals surface area contributed by atoms with Crippen LogP contribution in [0.4, 0.5) is 10.1 Å². The van der Waals surface area contributed by atoms with Gasteiger partial charge in [0.1, 0.15) is 11.2 Å². The average molecular weight is 548 g/mol. The zero-order valence-electron chi connectivity index (χ0n) is 21.3. The summed E-state index contributed by atoms with van der Waals surface area (Å²) in [4.78, 5) is 27.9. The number of anilines is 1. The summed E-state index contributed by atoms with van der Waals surface area (Å²) in [5.74, 6) is -1.85. The van der Waals surface area contributed by atoms with Crippen LogP contribution < -0.4 is 16.0 Å². The first-order valence-electron chi connectivity index (χ1n) is 12.6. The standard InChI is InChI=1S/C28H32Cl2FN3O3/c1-26(2,3)13-21-28(19-6-5-15(29)10-20(19)33-25(28)36)22(14-7-16(30)9-17(31)8-14)23(34-21)24(35)32-18-11-27(4,37)12-18/h5-10,18,21-23,34,37H,11-13H2,1-4H3,(H,32,35)(H,33,36)/t18?,21-,22-,23+,27?,28+/m0/s1. The highest BCUT2D eigenvalue weighted by Crippen LogP contribution is 2.57. The summed E-state index contributed by atoms with van der Waals surface area (Å²) < 4.78 is 14.7. The van der Waals surface area contributed by atoms with Gasteiger partial charge < -0.3 is 21.1 Å². The minimum atomic E-state index is -1.21. The van der Waals surface area contributed by atoms with Gasteiger partial charge in [-0.2, -0.15) is 0 Å². The number of rotatable bonds is 4. The number of carbonyl (C=O) groups excluding carboxylic acids is 2. The van der Waals surface area contributed by atoms with Crippen LogP contribution in [-0.4, -0.2) is 40.6 Å². The summed E-state index contributed by atoms with van der Waals surface area (Å²) >= 11 is 12.6. The molecule has 0 radical (unpaired) electrons. The van der Waals surface area contributed by atoms with Crippen molar-refractivity contribution in [3.8, 4) is 0 Å². The Morgan fingerprint density at radius 1 is 1.16 bits per heavy atom. The van der Waals surface area contributed by atoms with E-state index in [9.17, 15) is 19.1 Å². The van der Waals surface area contributed by atoms with Crippen molar-refractivity contribution in [2.75, 3.05) is 5.32 Å². The maximum absolute atomic E-state index is 14.7. The van der Waals surface area contributed by atoms with Gasteiger partial charge in [0.15, 0.2) is 0 Å². The Balaban J connectivity index is 1.68. The van der Waals surface area contributed by atoms with E-state index in [0.717, 1.165) is 5.56 Å². The molecular weight excluding hydrogens is 516 g/mol. The maximum Gasteiger partial charge on any atom is 0.238 e. The molecule has 198 valence electrons. The smallest absolute Gasteiger partial charge is 0.238 e. The second kappa shape index (κ2) is 8.94. The topological polar surface area (TPSA) is 90.5 Å². The monoisotopic (exact) mass is 547 g/mol. The Bertz CT molecular complexity index is 1250. The number of benzene rings is 2. The number of nitrogens with one attached hydrogen (secondary N) is 3. The molecule has 1 spiro atoms. The van der Waals surface area contributed by atoms with E-state index in [4.69, 9.17) is 23.2 Å². The highest BCUT2D eigenvalue weighted by Gasteiger charge is 2.66. The molecule has 4 N–H and O–H groups in total. The minimum Gasteiger partial charge on any atom is -0.390 e. The summed E-state index contributed by atoms with van der Waals surface area (Å²) in [7, 11) is 0. The lowest BCUT2D eigenvalue weighted by molar-refractivity contribution is -0.127. The van der Waals surface area contributed by atoms with Crippen molar-refractivity contribution >= 4 is 40.7 Å². The van der Waals surface area contributed by atoms with E-state index in [2.05, 4.69) is 36.7 Å². The van der Waals surface area contributed by atoms with Crippen LogP contribution in [0.2, 0.25) is 10.0 Å². The molecule has 0 bridgehead atoms. The van der Waals surface area contributed by atoms with Crippen LogP contribution >= 0.6 is 23.2 Å². The van der Waals surface area contributed by atoms with E-state index in [1.807, 2.05) is 6.07 Å². The number of carbonyl (C=O) groups is 2. The van der Waals surface area contributed by atoms with Crippen LogP contribution in [0.3, 0.4) is 0 Å². The van der Waals surface area contributed by atoms with Crippen LogP contribution in [0, 0.1) is 11.2 Å². The van der Waals surface area contributed by atoms with E-state index in [1.165, 1.54) is 12.1 Å². The lowest BCUT2D eigenvalue weighted by Gasteiger charge is -2.42. The first-order chi connectivity index (χ1) is 17.2. The van der Waals surface area contributed by atoms with E-state index in [0.29, 0.717) is 35.5 Å². The summed E-state index contributed by atoms with van der Waals surface area (Å²) in [6.45, 7) is 7.97. The van der Waals surface area contributed by atoms with E-state index in [1.54, 1.807) is 25.1 Å². The number of fused-ring (bicyclic) bond motifs is 2. The van der Waals surface area contributed by atoms with E-state index in [-0.39, 0.29) is 28.3 Å². The quantitative estimate of drug-likeness (QED) is 0.437. The summed E-state index contributed by atoms with van der Waals surface area (Å²) in [6.07, 6.45) is 1.46. The van der Waals surface area contributed by atoms with Crippen molar-refractivity contribution in [1.82, 2.24) is 10.6 Å². The van der Waals surface area contributed by atoms with Crippen LogP contribution in [0.1, 0.15) is 64.0 Å². The molecule has 2 fully saturated rings. The SMILES string of the molecule is CC(C)(C)C[C@@H]1N[C@@H](C(=O)NC2CC(C)(O)C2)[C@H](c2cc(F)cc(Cl)c2)[C@]12C(=O)Nc1cc(Cl)ccc12. The third-order valence-corrected chi connectivity index (χ3v) is 8.32. The van der Waals surface area contributed by atoms with Crippen molar-refractivity contribution in [2.45, 2.75) is 82.0 Å². The van der Waals surface area contributed by atoms with Crippen molar-refractivity contribution in [2.24, 2.45) is 5.41 Å². The Hall–Kier alpha value is -2.19. The van der Waals surface area contributed by atoms with Crippen LogP contribution in [0.15, 0.2) is 36.4 Å². The highest BCUT2D eigenvalue weighted by molar-refractivity contribution is 6.31. The first-order valence-corrected chi connectivity index (χ1v) is 13.3. The number of hydrogen-bond donors (Lipinski definition) is 4. The van der Waals surface area contributed by atoms with Crippen molar-refractivity contribution < 1.29 is 19.1 Å². The second-order valence-electron chi connectivity index (χ2n) is 12.3. The van der Waals surface area contributed by atoms with Gasteiger partial charge in [-0.1, -0.05) is 50.0 Å². The predicted molar refractivity (Wildman–Crippen MR) is 142 cm³/mol. The molecule has 0 unspecified atom stereocenters. The van der Waals surface area contributed by atoms with Gasteiger partial charge in [0.05, 0.1) is 11.6 Å². The Labute approximate surface area is 226 Å². The highest BCUT2D eigenvalue weighted by atomic mass is 35.5. The van der Waals surface area contributed by atoms with Crippen molar-refractivity contribution in [1.29, 1.82) is 0 Å². The molecule has 2 aliphatic heterocycles. The first kappa shape index (κ1) is 26.4. The van der Waals surface area contributed by atoms with Crippen LogP contribution in [0.5, 0.6) is 0 Å². The fourth-order valence-electron chi connectivity index (χ4n) is 6.57. The van der Waals surface area contributed by atoms with Crippen LogP contribution in [-0.2, 0) is 15.0 Å². The number of hydrogen-bond acceptors (Lipinski definition) is 4. The third kappa shape index (κ3) is 4.65. The lowest BCUT2D eigenvalue weighted by Crippen LogP contribution is -2.57. The Morgan fingerprint density at radius 3 is 2.49 bits per heavy atom. The molecule has 1 aliphatic carbocycles. The average Bonchev–Trinajstić information content (AvgIpc) is 3.20. The molecule has 2 aromatic rings. The van der Waals surface area contributed by atoms with Crippen molar-refractivity contribution in [3.63, 3.8) is 0 Å². The summed E-state index contributed by atoms with van der Waals surface area (Å²) in [5.41, 5.74) is -0.444. The molecular formula is C28H32Cl2FN3O3. The van der Waals surface area contributed by atoms with Gasteiger partial charge in [-0.15, -0.1) is 0 Å². The zero-order valence-corrected chi connectivity index (χ0v) is 22.8. The molecule has 5 rings (SSSR count). The molecule has 1 saturated carbocycles. The molecule has 2 amide bonds. The van der Waals surface area contributed by atoms with Crippen LogP contribution in [0.25, 0.3) is 0 Å². The third-order valence-electron chi connectivity index (χ3n) is 7.87. The fourth-order valence-corrected chi connectivity index (χ4v) is 6.97. The van der Waals surface area contributed by atoms with Gasteiger partial charge in [0.2, 0.25) is 11.8 Å². The molecule has 2 aromatic carbocycles. The molecule has 1 saturated heterocycles. The Morgan fingerprint density at radius 2 is 1.86 bits per heavy atom. The fraction of sp³-hybridized carbons (Fsp3) is 0.500. The molecule has 4 atom stereocenters. The lowest BCUT2D eigenvalue weighted by atomic mass is 9.62. The second-order valence-corrected chi connectivity index (χ2v) is 13.1. The Kier molecular flexibility index (Phi) is 6.38. The largest absolute Gasteiger partial charge is 0.390 e. The molecule has 9 heteroatoms.